The van der Waals surface area contributed by atoms with E-state index in [1.165, 1.54) is 18.3 Å². The minimum absolute atomic E-state index is 0.0210. The third kappa shape index (κ3) is 7.59. The molecule has 1 saturated heterocycles. The molecular weight excluding hydrogens is 557 g/mol. The van der Waals surface area contributed by atoms with E-state index in [9.17, 15) is 35.5 Å². The monoisotopic (exact) mass is 578 g/mol. The summed E-state index contributed by atoms with van der Waals surface area (Å²) in [5, 5.41) is 2.65. The Morgan fingerprint density at radius 3 is 2.49 bits per heavy atom. The van der Waals surface area contributed by atoms with Gasteiger partial charge < -0.3 is 10.1 Å². The van der Waals surface area contributed by atoms with Gasteiger partial charge in [-0.3, -0.25) is 14.7 Å². The van der Waals surface area contributed by atoms with E-state index in [-0.39, 0.29) is 42.2 Å². The topological polar surface area (TPSA) is 93.1 Å². The van der Waals surface area contributed by atoms with E-state index in [2.05, 4.69) is 24.6 Å². The number of likely N-dealkylation sites (tertiary alicyclic amines) is 1. The molecule has 0 unspecified atom stereocenters. The van der Waals surface area contributed by atoms with Gasteiger partial charge >= 0.3 is 12.4 Å². The van der Waals surface area contributed by atoms with Crippen LogP contribution in [-0.4, -0.2) is 68.2 Å². The molecular formula is C23H21F7N6O2S. The highest BCUT2D eigenvalue weighted by atomic mass is 32.1. The Hall–Kier alpha value is -3.40. The molecule has 1 aliphatic heterocycles. The van der Waals surface area contributed by atoms with Crippen molar-refractivity contribution in [1.29, 1.82) is 0 Å². The van der Waals surface area contributed by atoms with Gasteiger partial charge in [0.05, 0.1) is 41.6 Å². The third-order valence-electron chi connectivity index (χ3n) is 5.73. The predicted molar refractivity (Wildman–Crippen MR) is 125 cm³/mol. The standard InChI is InChI=1S/C23H21F7N6O2S/c1-12-20(17(39-35-12)6-14-8-32-18(9-31-14)23(28,29)30)21(37)34-13-2-3-19(33-7-13)38-16-4-5-36(10-15(16)24)11-22(25,26)27/h2-3,7-9,15-16H,4-6,10-11H2,1H3,(H,34,37)/t15-,16-/m1/s1. The van der Waals surface area contributed by atoms with Crippen LogP contribution in [0, 0.1) is 6.92 Å². The van der Waals surface area contributed by atoms with Crippen molar-refractivity contribution in [3.05, 3.63) is 58.2 Å². The van der Waals surface area contributed by atoms with Crippen LogP contribution in [0.3, 0.4) is 0 Å². The second kappa shape index (κ2) is 11.4. The first-order chi connectivity index (χ1) is 18.3. The summed E-state index contributed by atoms with van der Waals surface area (Å²) in [5.74, 6) is -0.493. The van der Waals surface area contributed by atoms with Crippen molar-refractivity contribution in [2.45, 2.75) is 44.4 Å². The van der Waals surface area contributed by atoms with E-state index in [4.69, 9.17) is 4.74 Å². The summed E-state index contributed by atoms with van der Waals surface area (Å²) in [4.78, 5) is 25.6. The highest BCUT2D eigenvalue weighted by Gasteiger charge is 2.37. The Kier molecular flexibility index (Phi) is 8.34. The maximum absolute atomic E-state index is 14.4. The van der Waals surface area contributed by atoms with E-state index in [0.29, 0.717) is 16.8 Å². The number of carbonyl (C=O) groups is 1. The minimum atomic E-state index is -4.62. The minimum Gasteiger partial charge on any atom is -0.471 e. The number of ether oxygens (including phenoxy) is 1. The summed E-state index contributed by atoms with van der Waals surface area (Å²) in [6.45, 7) is 0.0289. The van der Waals surface area contributed by atoms with Gasteiger partial charge in [-0.1, -0.05) is 0 Å². The Bertz CT molecular complexity index is 1280. The molecule has 2 atom stereocenters. The molecule has 4 rings (SSSR count). The smallest absolute Gasteiger partial charge is 0.434 e. The third-order valence-corrected chi connectivity index (χ3v) is 6.67. The lowest BCUT2D eigenvalue weighted by Crippen LogP contribution is -2.49. The van der Waals surface area contributed by atoms with Gasteiger partial charge in [0, 0.05) is 43.1 Å². The SMILES string of the molecule is Cc1nsc(Cc2cnc(C(F)(F)F)cn2)c1C(=O)Nc1ccc(O[C@@H]2CCN(CC(F)(F)F)C[C@H]2F)nc1. The summed E-state index contributed by atoms with van der Waals surface area (Å²) in [5.41, 5.74) is 0.00640. The molecule has 4 heterocycles. The van der Waals surface area contributed by atoms with Crippen molar-refractivity contribution in [1.82, 2.24) is 24.2 Å². The van der Waals surface area contributed by atoms with Crippen LogP contribution in [0.2, 0.25) is 0 Å². The van der Waals surface area contributed by atoms with Gasteiger partial charge in [-0.15, -0.1) is 0 Å². The number of hydrogen-bond acceptors (Lipinski definition) is 8. The van der Waals surface area contributed by atoms with Crippen LogP contribution in [0.15, 0.2) is 30.7 Å². The molecule has 0 aromatic carbocycles. The van der Waals surface area contributed by atoms with Gasteiger partial charge in [0.15, 0.2) is 5.69 Å². The van der Waals surface area contributed by atoms with Gasteiger partial charge in [-0.05, 0) is 24.5 Å². The molecule has 1 amide bonds. The van der Waals surface area contributed by atoms with Crippen molar-refractivity contribution in [2.75, 3.05) is 25.0 Å². The summed E-state index contributed by atoms with van der Waals surface area (Å²) in [6.07, 6.45) is -8.65. The molecule has 0 bridgehead atoms. The maximum Gasteiger partial charge on any atom is 0.434 e. The Labute approximate surface area is 221 Å². The van der Waals surface area contributed by atoms with Crippen LogP contribution in [-0.2, 0) is 12.6 Å². The van der Waals surface area contributed by atoms with Crippen LogP contribution in [0.1, 0.15) is 38.7 Å². The molecule has 3 aromatic heterocycles. The zero-order chi connectivity index (χ0) is 28.4. The van der Waals surface area contributed by atoms with Crippen molar-refractivity contribution in [2.24, 2.45) is 0 Å². The number of aromatic nitrogens is 4. The average molecular weight is 579 g/mol. The number of nitrogens with one attached hydrogen (secondary N) is 1. The Morgan fingerprint density at radius 1 is 1.13 bits per heavy atom. The fraction of sp³-hybridized carbons (Fsp3) is 0.435. The first kappa shape index (κ1) is 28.6. The number of rotatable bonds is 7. The molecule has 1 fully saturated rings. The highest BCUT2D eigenvalue weighted by molar-refractivity contribution is 7.06. The summed E-state index contributed by atoms with van der Waals surface area (Å²) in [7, 11) is 0. The fourth-order valence-corrected chi connectivity index (χ4v) is 4.82. The van der Waals surface area contributed by atoms with Crippen molar-refractivity contribution in [3.63, 3.8) is 0 Å². The molecule has 210 valence electrons. The molecule has 16 heteroatoms. The number of alkyl halides is 7. The zero-order valence-electron chi connectivity index (χ0n) is 20.2. The molecule has 0 radical (unpaired) electrons. The summed E-state index contributed by atoms with van der Waals surface area (Å²) >= 11 is 1.01. The normalized spacial score (nSPS) is 18.7. The summed E-state index contributed by atoms with van der Waals surface area (Å²) in [6, 6.07) is 2.85. The lowest BCUT2D eigenvalue weighted by molar-refractivity contribution is -0.153. The lowest BCUT2D eigenvalue weighted by Gasteiger charge is -2.34. The van der Waals surface area contributed by atoms with Gasteiger partial charge in [0.1, 0.15) is 12.3 Å². The Morgan fingerprint density at radius 2 is 1.90 bits per heavy atom. The van der Waals surface area contributed by atoms with Crippen LogP contribution < -0.4 is 10.1 Å². The molecule has 8 nitrogen and oxygen atoms in total. The van der Waals surface area contributed by atoms with E-state index in [1.807, 2.05) is 0 Å². The van der Waals surface area contributed by atoms with Crippen LogP contribution >= 0.6 is 11.5 Å². The molecule has 1 N–H and O–H groups in total. The Balaban J connectivity index is 1.36. The number of hydrogen-bond donors (Lipinski definition) is 1. The van der Waals surface area contributed by atoms with E-state index < -0.39 is 49.3 Å². The van der Waals surface area contributed by atoms with Gasteiger partial charge in [-0.25, -0.2) is 14.4 Å². The molecule has 1 aliphatic rings. The number of halogens is 7. The van der Waals surface area contributed by atoms with Crippen LogP contribution in [0.4, 0.5) is 36.4 Å². The van der Waals surface area contributed by atoms with E-state index in [1.54, 1.807) is 6.92 Å². The molecule has 3 aromatic rings. The number of anilines is 1. The lowest BCUT2D eigenvalue weighted by atomic mass is 10.1. The molecule has 0 aliphatic carbocycles. The number of nitrogens with zero attached hydrogens (tertiary/aromatic N) is 5. The van der Waals surface area contributed by atoms with E-state index in [0.717, 1.165) is 22.6 Å². The number of piperidine rings is 1. The second-order valence-electron chi connectivity index (χ2n) is 8.78. The van der Waals surface area contributed by atoms with Gasteiger partial charge in [0.2, 0.25) is 5.88 Å². The van der Waals surface area contributed by atoms with Crippen LogP contribution in [0.5, 0.6) is 5.88 Å². The highest BCUT2D eigenvalue weighted by Crippen LogP contribution is 2.28. The zero-order valence-corrected chi connectivity index (χ0v) is 21.0. The second-order valence-corrected chi connectivity index (χ2v) is 9.64. The number of amides is 1. The molecule has 0 saturated carbocycles. The first-order valence-electron chi connectivity index (χ1n) is 11.5. The molecule has 39 heavy (non-hydrogen) atoms. The van der Waals surface area contributed by atoms with E-state index >= 15 is 0 Å². The van der Waals surface area contributed by atoms with Gasteiger partial charge in [-0.2, -0.15) is 30.7 Å². The fourth-order valence-electron chi connectivity index (χ4n) is 3.93. The average Bonchev–Trinajstić information content (AvgIpc) is 3.20. The van der Waals surface area contributed by atoms with Crippen LogP contribution in [0.25, 0.3) is 0 Å². The number of carbonyl (C=O) groups excluding carboxylic acids is 1. The first-order valence-corrected chi connectivity index (χ1v) is 12.3. The number of pyridine rings is 1. The van der Waals surface area contributed by atoms with Gasteiger partial charge in [0.25, 0.3) is 5.91 Å². The summed E-state index contributed by atoms with van der Waals surface area (Å²) < 4.78 is 99.9. The maximum atomic E-state index is 14.4. The molecule has 0 spiro atoms. The predicted octanol–water partition coefficient (Wildman–Crippen LogP) is 4.85. The van der Waals surface area contributed by atoms with Crippen molar-refractivity contribution >= 4 is 23.1 Å². The van der Waals surface area contributed by atoms with Crippen molar-refractivity contribution in [3.8, 4) is 5.88 Å². The largest absolute Gasteiger partial charge is 0.471 e. The number of aryl methyl sites for hydroxylation is 1. The quantitative estimate of drug-likeness (QED) is 0.401. The van der Waals surface area contributed by atoms with Crippen molar-refractivity contribution < 1.29 is 40.3 Å².